The third kappa shape index (κ3) is 2.28. The van der Waals surface area contributed by atoms with Gasteiger partial charge < -0.3 is 4.74 Å². The molecule has 2 saturated heterocycles. The van der Waals surface area contributed by atoms with Crippen molar-refractivity contribution in [2.24, 2.45) is 0 Å². The molecular formula is C15H22O3P2. The molecule has 0 N–H and O–H groups in total. The van der Waals surface area contributed by atoms with E-state index < -0.39 is 15.8 Å². The van der Waals surface area contributed by atoms with Gasteiger partial charge in [0.2, 0.25) is 0 Å². The Kier molecular flexibility index (Phi) is 4.04. The van der Waals surface area contributed by atoms with E-state index in [1.54, 1.807) is 0 Å². The van der Waals surface area contributed by atoms with E-state index in [1.165, 1.54) is 25.7 Å². The van der Waals surface area contributed by atoms with Crippen molar-refractivity contribution in [2.45, 2.75) is 63.4 Å². The van der Waals surface area contributed by atoms with Gasteiger partial charge in [-0.3, -0.25) is 0 Å². The lowest BCUT2D eigenvalue weighted by Crippen LogP contribution is -2.06. The van der Waals surface area contributed by atoms with Gasteiger partial charge in [-0.1, -0.05) is 36.6 Å². The summed E-state index contributed by atoms with van der Waals surface area (Å²) in [5.41, 5.74) is 1.67. The molecule has 110 valence electrons. The predicted molar refractivity (Wildman–Crippen MR) is 83.7 cm³/mol. The molecule has 0 aromatic rings. The SMILES string of the molecule is CC1CCCP1C1=C(P2C(C)CC[C@H]2C)C(=O)OC1=O. The van der Waals surface area contributed by atoms with Gasteiger partial charge in [0.15, 0.2) is 0 Å². The summed E-state index contributed by atoms with van der Waals surface area (Å²) in [5.74, 6) is -0.614. The van der Waals surface area contributed by atoms with Crippen molar-refractivity contribution >= 4 is 27.8 Å². The van der Waals surface area contributed by atoms with Crippen molar-refractivity contribution in [1.82, 2.24) is 0 Å². The Morgan fingerprint density at radius 2 is 1.50 bits per heavy atom. The number of rotatable bonds is 2. The molecule has 3 rings (SSSR count). The molecule has 0 amide bonds. The second-order valence-corrected chi connectivity index (χ2v) is 12.0. The molecule has 4 unspecified atom stereocenters. The molecule has 0 bridgehead atoms. The van der Waals surface area contributed by atoms with E-state index >= 15 is 0 Å². The van der Waals surface area contributed by atoms with Crippen molar-refractivity contribution in [1.29, 1.82) is 0 Å². The fourth-order valence-corrected chi connectivity index (χ4v) is 10.5. The average molecular weight is 312 g/mol. The van der Waals surface area contributed by atoms with Gasteiger partial charge in [-0.2, -0.15) is 0 Å². The first-order valence-electron chi connectivity index (χ1n) is 7.56. The minimum absolute atomic E-state index is 0.307. The van der Waals surface area contributed by atoms with Crippen LogP contribution in [0.3, 0.4) is 0 Å². The van der Waals surface area contributed by atoms with Crippen LogP contribution in [0.1, 0.15) is 46.5 Å². The van der Waals surface area contributed by atoms with Crippen molar-refractivity contribution in [3.8, 4) is 0 Å². The van der Waals surface area contributed by atoms with Crippen LogP contribution in [-0.4, -0.2) is 35.1 Å². The minimum atomic E-state index is -0.509. The summed E-state index contributed by atoms with van der Waals surface area (Å²) in [5, 5.41) is 1.67. The molecule has 3 aliphatic rings. The maximum Gasteiger partial charge on any atom is 0.347 e. The number of hydrogen-bond acceptors (Lipinski definition) is 3. The van der Waals surface area contributed by atoms with Gasteiger partial charge in [0.05, 0.1) is 10.6 Å². The summed E-state index contributed by atoms with van der Waals surface area (Å²) in [4.78, 5) is 24.5. The number of carbonyl (C=O) groups is 2. The summed E-state index contributed by atoms with van der Waals surface area (Å²) in [6.07, 6.45) is 5.84. The summed E-state index contributed by atoms with van der Waals surface area (Å²) >= 11 is 0. The van der Waals surface area contributed by atoms with Crippen LogP contribution in [0.4, 0.5) is 0 Å². The van der Waals surface area contributed by atoms with E-state index in [4.69, 9.17) is 4.74 Å². The lowest BCUT2D eigenvalue weighted by Gasteiger charge is -2.23. The fraction of sp³-hybridized carbons (Fsp3) is 0.733. The van der Waals surface area contributed by atoms with Crippen molar-refractivity contribution in [2.75, 3.05) is 6.16 Å². The Hall–Kier alpha value is -0.260. The van der Waals surface area contributed by atoms with Gasteiger partial charge in [-0.15, -0.1) is 0 Å². The summed E-state index contributed by atoms with van der Waals surface area (Å²) in [6.45, 7) is 6.70. The summed E-state index contributed by atoms with van der Waals surface area (Å²) in [6, 6.07) is 0. The van der Waals surface area contributed by atoms with Crippen LogP contribution in [0.2, 0.25) is 0 Å². The highest BCUT2D eigenvalue weighted by atomic mass is 31.1. The third-order valence-electron chi connectivity index (χ3n) is 4.85. The Labute approximate surface area is 123 Å². The number of hydrogen-bond donors (Lipinski definition) is 0. The smallest absolute Gasteiger partial charge is 0.347 e. The van der Waals surface area contributed by atoms with Crippen LogP contribution in [0.25, 0.3) is 0 Å². The maximum atomic E-state index is 12.3. The van der Waals surface area contributed by atoms with Gasteiger partial charge in [-0.05, 0) is 48.8 Å². The highest BCUT2D eigenvalue weighted by molar-refractivity contribution is 7.69. The molecule has 0 spiro atoms. The van der Waals surface area contributed by atoms with Crippen LogP contribution in [0, 0.1) is 0 Å². The fourth-order valence-electron chi connectivity index (χ4n) is 3.76. The molecule has 20 heavy (non-hydrogen) atoms. The standard InChI is InChI=1S/C15H22O3P2/c1-9-5-4-8-19(9)12-13(15(17)18-14(12)16)20-10(2)6-7-11(20)3/h9-11H,4-8H2,1-3H3/t9?,10-,11?,19?,20?/m1/s1. The van der Waals surface area contributed by atoms with Gasteiger partial charge >= 0.3 is 11.9 Å². The van der Waals surface area contributed by atoms with Gasteiger partial charge in [0.25, 0.3) is 0 Å². The molecule has 0 radical (unpaired) electrons. The van der Waals surface area contributed by atoms with E-state index in [2.05, 4.69) is 20.8 Å². The lowest BCUT2D eigenvalue weighted by atomic mass is 10.2. The van der Waals surface area contributed by atoms with Crippen molar-refractivity contribution < 1.29 is 14.3 Å². The monoisotopic (exact) mass is 312 g/mol. The number of cyclic esters (lactones) is 2. The second-order valence-electron chi connectivity index (χ2n) is 6.24. The van der Waals surface area contributed by atoms with Crippen LogP contribution in [0.15, 0.2) is 10.6 Å². The Morgan fingerprint density at radius 1 is 0.900 bits per heavy atom. The normalized spacial score (nSPS) is 41.6. The molecule has 5 heteroatoms. The van der Waals surface area contributed by atoms with Crippen LogP contribution in [0.5, 0.6) is 0 Å². The molecule has 2 fully saturated rings. The van der Waals surface area contributed by atoms with Crippen molar-refractivity contribution in [3.05, 3.63) is 10.6 Å². The molecule has 3 heterocycles. The predicted octanol–water partition coefficient (Wildman–Crippen LogP) is 4.00. The first-order chi connectivity index (χ1) is 9.50. The number of ether oxygens (including phenoxy) is 1. The quantitative estimate of drug-likeness (QED) is 0.440. The van der Waals surface area contributed by atoms with E-state index in [9.17, 15) is 9.59 Å². The molecule has 3 nitrogen and oxygen atoms in total. The maximum absolute atomic E-state index is 12.3. The molecular weight excluding hydrogens is 290 g/mol. The number of esters is 2. The topological polar surface area (TPSA) is 43.4 Å². The van der Waals surface area contributed by atoms with Crippen LogP contribution < -0.4 is 0 Å². The number of carbonyl (C=O) groups excluding carboxylic acids is 2. The first kappa shape index (κ1) is 14.7. The van der Waals surface area contributed by atoms with Crippen LogP contribution in [-0.2, 0) is 14.3 Å². The second kappa shape index (κ2) is 5.50. The van der Waals surface area contributed by atoms with E-state index in [0.29, 0.717) is 17.0 Å². The average Bonchev–Trinajstić information content (AvgIpc) is 3.01. The summed E-state index contributed by atoms with van der Waals surface area (Å²) in [7, 11) is -0.975. The molecule has 0 aliphatic carbocycles. The molecule has 0 aromatic carbocycles. The highest BCUT2D eigenvalue weighted by Crippen LogP contribution is 2.68. The van der Waals surface area contributed by atoms with Crippen molar-refractivity contribution in [3.63, 3.8) is 0 Å². The van der Waals surface area contributed by atoms with Gasteiger partial charge in [-0.25, -0.2) is 9.59 Å². The molecule has 5 atom stereocenters. The lowest BCUT2D eigenvalue weighted by molar-refractivity contribution is -0.150. The van der Waals surface area contributed by atoms with Gasteiger partial charge in [0, 0.05) is 0 Å². The Balaban J connectivity index is 2.04. The van der Waals surface area contributed by atoms with E-state index in [1.807, 2.05) is 0 Å². The molecule has 0 aromatic heterocycles. The zero-order valence-corrected chi connectivity index (χ0v) is 14.2. The Morgan fingerprint density at radius 3 is 2.05 bits per heavy atom. The zero-order chi connectivity index (χ0) is 14.4. The largest absolute Gasteiger partial charge is 0.386 e. The first-order valence-corrected chi connectivity index (χ1v) is 10.6. The third-order valence-corrected chi connectivity index (χ3v) is 11.5. The zero-order valence-electron chi connectivity index (χ0n) is 12.4. The van der Waals surface area contributed by atoms with Crippen LogP contribution >= 0.6 is 15.8 Å². The molecule has 3 aliphatic heterocycles. The van der Waals surface area contributed by atoms with E-state index in [0.717, 1.165) is 16.8 Å². The van der Waals surface area contributed by atoms with E-state index in [-0.39, 0.29) is 11.9 Å². The van der Waals surface area contributed by atoms with Gasteiger partial charge in [0.1, 0.15) is 0 Å². The Bertz CT molecular complexity index is 476. The highest BCUT2D eigenvalue weighted by Gasteiger charge is 2.47. The summed E-state index contributed by atoms with van der Waals surface area (Å²) < 4.78 is 5.04. The molecule has 0 saturated carbocycles. The minimum Gasteiger partial charge on any atom is -0.386 e.